The summed E-state index contributed by atoms with van der Waals surface area (Å²) in [5, 5.41) is 15.8. The van der Waals surface area contributed by atoms with Gasteiger partial charge in [0.25, 0.3) is 17.7 Å². The van der Waals surface area contributed by atoms with Crippen molar-refractivity contribution in [1.82, 2.24) is 10.0 Å². The Morgan fingerprint density at radius 3 is 2.31 bits per heavy atom. The summed E-state index contributed by atoms with van der Waals surface area (Å²) >= 11 is 0. The lowest BCUT2D eigenvalue weighted by Crippen LogP contribution is -2.45. The van der Waals surface area contributed by atoms with E-state index in [0.717, 1.165) is 39.1 Å². The second-order valence-electron chi connectivity index (χ2n) is 11.0. The zero-order valence-corrected chi connectivity index (χ0v) is 24.2. The molecule has 0 radical (unpaired) electrons. The molecule has 0 bridgehead atoms. The van der Waals surface area contributed by atoms with E-state index in [9.17, 15) is 14.4 Å². The van der Waals surface area contributed by atoms with Gasteiger partial charge in [-0.2, -0.15) is 10.2 Å². The molecule has 3 aliphatic heterocycles. The molecule has 214 valence electrons. The van der Waals surface area contributed by atoms with Crippen molar-refractivity contribution in [3.8, 4) is 5.75 Å². The van der Waals surface area contributed by atoms with Crippen LogP contribution in [-0.4, -0.2) is 59.2 Å². The van der Waals surface area contributed by atoms with Gasteiger partial charge in [-0.05, 0) is 62.1 Å². The minimum absolute atomic E-state index is 0.249. The van der Waals surface area contributed by atoms with Crippen LogP contribution in [-0.2, 0) is 14.4 Å². The van der Waals surface area contributed by atoms with Gasteiger partial charge in [-0.1, -0.05) is 59.3 Å². The average Bonchev–Trinajstić information content (AvgIpc) is 3.65. The van der Waals surface area contributed by atoms with E-state index in [4.69, 9.17) is 9.84 Å². The zero-order valence-electron chi connectivity index (χ0n) is 24.2. The molecule has 0 saturated carbocycles. The quantitative estimate of drug-likeness (QED) is 0.407. The van der Waals surface area contributed by atoms with Crippen molar-refractivity contribution in [2.75, 3.05) is 18.6 Å². The summed E-state index contributed by atoms with van der Waals surface area (Å²) in [6.45, 7) is 7.54. The number of fused-ring (bicyclic) bond motifs is 1. The highest BCUT2D eigenvalue weighted by molar-refractivity contribution is 6.26. The third-order valence-corrected chi connectivity index (χ3v) is 8.18. The summed E-state index contributed by atoms with van der Waals surface area (Å²) in [4.78, 5) is 42.1. The highest BCUT2D eigenvalue weighted by Crippen LogP contribution is 2.37. The molecule has 3 atom stereocenters. The lowest BCUT2D eigenvalue weighted by molar-refractivity contribution is -0.135. The molecule has 3 aromatic carbocycles. The molecule has 10 heteroatoms. The molecule has 0 aliphatic carbocycles. The normalized spacial score (nSPS) is 21.3. The minimum Gasteiger partial charge on any atom is -0.497 e. The van der Waals surface area contributed by atoms with Gasteiger partial charge in [-0.15, -0.1) is 0 Å². The van der Waals surface area contributed by atoms with Gasteiger partial charge < -0.3 is 4.74 Å². The summed E-state index contributed by atoms with van der Waals surface area (Å²) < 4.78 is 5.32. The van der Waals surface area contributed by atoms with Crippen LogP contribution >= 0.6 is 0 Å². The Balaban J connectivity index is 1.29. The highest BCUT2D eigenvalue weighted by atomic mass is 16.5. The maximum Gasteiger partial charge on any atom is 0.264 e. The van der Waals surface area contributed by atoms with Gasteiger partial charge in [0.2, 0.25) is 0 Å². The first kappa shape index (κ1) is 27.3. The number of amides is 3. The molecular weight excluding hydrogens is 532 g/mol. The van der Waals surface area contributed by atoms with E-state index < -0.39 is 23.9 Å². The Morgan fingerprint density at radius 1 is 0.929 bits per heavy atom. The maximum atomic E-state index is 13.9. The summed E-state index contributed by atoms with van der Waals surface area (Å²) in [5.74, 6) is -0.506. The molecule has 0 aromatic heterocycles. The van der Waals surface area contributed by atoms with E-state index in [-0.39, 0.29) is 18.5 Å². The summed E-state index contributed by atoms with van der Waals surface area (Å²) in [5.41, 5.74) is 7.09. The average molecular weight is 565 g/mol. The minimum atomic E-state index is -0.991. The largest absolute Gasteiger partial charge is 0.497 e. The number of ether oxygens (including phenoxy) is 1. The van der Waals surface area contributed by atoms with Crippen LogP contribution in [0.3, 0.4) is 0 Å². The number of methoxy groups -OCH3 is 1. The van der Waals surface area contributed by atoms with Crippen LogP contribution < -0.4 is 9.64 Å². The molecule has 1 fully saturated rings. The number of anilines is 1. The van der Waals surface area contributed by atoms with E-state index in [1.807, 2.05) is 82.3 Å². The lowest BCUT2D eigenvalue weighted by Gasteiger charge is -2.26. The summed E-state index contributed by atoms with van der Waals surface area (Å²) in [6.07, 6.45) is 0.521. The van der Waals surface area contributed by atoms with Crippen molar-refractivity contribution >= 4 is 29.1 Å². The van der Waals surface area contributed by atoms with E-state index in [1.54, 1.807) is 7.11 Å². The van der Waals surface area contributed by atoms with Crippen LogP contribution in [0.1, 0.15) is 45.8 Å². The van der Waals surface area contributed by atoms with Crippen molar-refractivity contribution in [2.45, 2.75) is 52.2 Å². The maximum absolute atomic E-state index is 13.9. The molecule has 0 unspecified atom stereocenters. The molecule has 3 heterocycles. The summed E-state index contributed by atoms with van der Waals surface area (Å²) in [6, 6.07) is 17.0. The number of nitrogens with zero attached hydrogens (tertiary/aromatic N) is 6. The fourth-order valence-electron chi connectivity index (χ4n) is 6.07. The Hall–Kier alpha value is -4.86. The molecule has 1 saturated heterocycles. The van der Waals surface area contributed by atoms with Gasteiger partial charge in [0.05, 0.1) is 24.6 Å². The standard InChI is InChI=1S/C32H32N6O4/c1-18-9-14-24(21(4)15-18)25-16-26(22-10-12-23(42-5)13-11-22)38(34-25)27(39)17-36-30-28(33-35-36)31(40)37(32(30)41)29-19(2)7-6-8-20(29)3/h6-15,26,28,30H,16-17H2,1-5H3/t26-,28+,30-/m0/s1. The van der Waals surface area contributed by atoms with Crippen molar-refractivity contribution in [1.29, 1.82) is 0 Å². The number of benzene rings is 3. The number of imide groups is 1. The SMILES string of the molecule is COc1ccc([C@@H]2CC(c3ccc(C)cc3C)=NN2C(=O)CN2N=N[C@H]3C(=O)N(c4c(C)cccc4C)C(=O)[C@H]32)cc1. The van der Waals surface area contributed by atoms with E-state index in [1.165, 1.54) is 14.9 Å². The van der Waals surface area contributed by atoms with Crippen LogP contribution in [0, 0.1) is 27.7 Å². The third kappa shape index (κ3) is 4.52. The first-order valence-corrected chi connectivity index (χ1v) is 13.9. The second-order valence-corrected chi connectivity index (χ2v) is 11.0. The van der Waals surface area contributed by atoms with Crippen LogP contribution in [0.15, 0.2) is 76.1 Å². The topological polar surface area (TPSA) is 107 Å². The lowest BCUT2D eigenvalue weighted by atomic mass is 9.95. The molecule has 0 spiro atoms. The van der Waals surface area contributed by atoms with E-state index >= 15 is 0 Å². The van der Waals surface area contributed by atoms with Crippen molar-refractivity contribution < 1.29 is 19.1 Å². The monoisotopic (exact) mass is 564 g/mol. The van der Waals surface area contributed by atoms with Gasteiger partial charge in [0, 0.05) is 12.0 Å². The molecule has 3 aromatic rings. The molecule has 42 heavy (non-hydrogen) atoms. The van der Waals surface area contributed by atoms with E-state index in [0.29, 0.717) is 17.9 Å². The van der Waals surface area contributed by atoms with Crippen LogP contribution in [0.5, 0.6) is 5.75 Å². The number of hydrazone groups is 1. The molecular formula is C32H32N6O4. The van der Waals surface area contributed by atoms with Gasteiger partial charge in [0.1, 0.15) is 12.3 Å². The van der Waals surface area contributed by atoms with Gasteiger partial charge in [-0.3, -0.25) is 19.4 Å². The number of aryl methyl sites for hydroxylation is 4. The fourth-order valence-corrected chi connectivity index (χ4v) is 6.07. The highest BCUT2D eigenvalue weighted by Gasteiger charge is 2.55. The smallest absolute Gasteiger partial charge is 0.264 e. The van der Waals surface area contributed by atoms with Crippen LogP contribution in [0.25, 0.3) is 0 Å². The molecule has 6 rings (SSSR count). The molecule has 3 aliphatic rings. The number of carbonyl (C=O) groups excluding carboxylic acids is 3. The predicted octanol–water partition coefficient (Wildman–Crippen LogP) is 4.60. The van der Waals surface area contributed by atoms with Crippen LogP contribution in [0.2, 0.25) is 0 Å². The molecule has 0 N–H and O–H groups in total. The first-order valence-electron chi connectivity index (χ1n) is 13.9. The van der Waals surface area contributed by atoms with E-state index in [2.05, 4.69) is 16.4 Å². The second kappa shape index (κ2) is 10.5. The van der Waals surface area contributed by atoms with Crippen LogP contribution in [0.4, 0.5) is 5.69 Å². The van der Waals surface area contributed by atoms with Gasteiger partial charge in [0.15, 0.2) is 12.1 Å². The number of para-hydroxylation sites is 1. The van der Waals surface area contributed by atoms with Gasteiger partial charge in [-0.25, -0.2) is 9.91 Å². The molecule has 10 nitrogen and oxygen atoms in total. The number of carbonyl (C=O) groups is 3. The Labute approximate surface area is 244 Å². The number of rotatable bonds is 6. The van der Waals surface area contributed by atoms with Crippen molar-refractivity contribution in [2.24, 2.45) is 15.4 Å². The van der Waals surface area contributed by atoms with Crippen molar-refractivity contribution in [3.05, 3.63) is 94.0 Å². The Bertz CT molecular complexity index is 1640. The zero-order chi connectivity index (χ0) is 29.7. The van der Waals surface area contributed by atoms with Crippen molar-refractivity contribution in [3.63, 3.8) is 0 Å². The predicted molar refractivity (Wildman–Crippen MR) is 157 cm³/mol. The van der Waals surface area contributed by atoms with Gasteiger partial charge >= 0.3 is 0 Å². The Kier molecular flexibility index (Phi) is 6.84. The number of hydrogen-bond donors (Lipinski definition) is 0. The number of hydrogen-bond acceptors (Lipinski definition) is 8. The Morgan fingerprint density at radius 2 is 1.64 bits per heavy atom. The summed E-state index contributed by atoms with van der Waals surface area (Å²) in [7, 11) is 1.61. The fraction of sp³-hybridized carbons (Fsp3) is 0.312. The molecule has 3 amide bonds. The third-order valence-electron chi connectivity index (χ3n) is 8.18. The first-order chi connectivity index (χ1) is 20.2.